The van der Waals surface area contributed by atoms with Gasteiger partial charge in [-0.2, -0.15) is 5.26 Å². The number of halogens is 1. The maximum absolute atomic E-state index is 13.1. The van der Waals surface area contributed by atoms with Gasteiger partial charge in [0.05, 0.1) is 0 Å². The molecule has 25 heavy (non-hydrogen) atoms. The molecular formula is C19H13FN2O3. The molecule has 0 spiro atoms. The van der Waals surface area contributed by atoms with Crippen molar-refractivity contribution in [3.05, 3.63) is 77.4 Å². The summed E-state index contributed by atoms with van der Waals surface area (Å²) in [4.78, 5) is 11.0. The van der Waals surface area contributed by atoms with Gasteiger partial charge in [0.15, 0.2) is 0 Å². The van der Waals surface area contributed by atoms with Gasteiger partial charge in [0.2, 0.25) is 5.76 Å². The number of carbonyl (C=O) groups is 1. The van der Waals surface area contributed by atoms with Gasteiger partial charge in [0.1, 0.15) is 17.5 Å². The Morgan fingerprint density at radius 3 is 2.44 bits per heavy atom. The van der Waals surface area contributed by atoms with Gasteiger partial charge in [-0.25, -0.2) is 9.18 Å². The van der Waals surface area contributed by atoms with Gasteiger partial charge in [0, 0.05) is 29.2 Å². The number of fused-ring (bicyclic) bond motifs is 1. The largest absolute Gasteiger partial charge is 0.501 e. The normalized spacial score (nSPS) is 11.8. The zero-order chi connectivity index (χ0) is 18.0. The van der Waals surface area contributed by atoms with E-state index in [1.165, 1.54) is 12.1 Å². The number of rotatable bonds is 4. The highest BCUT2D eigenvalue weighted by atomic mass is 19.1. The number of aliphatic hydroxyl groups is 1. The molecule has 0 amide bonds. The Morgan fingerprint density at radius 2 is 1.80 bits per heavy atom. The zero-order valence-electron chi connectivity index (χ0n) is 13.0. The summed E-state index contributed by atoms with van der Waals surface area (Å²) in [5.74, 6) is -2.89. The van der Waals surface area contributed by atoms with Crippen LogP contribution in [0.4, 0.5) is 4.39 Å². The third-order valence-electron chi connectivity index (χ3n) is 3.88. The van der Waals surface area contributed by atoms with Gasteiger partial charge in [-0.15, -0.1) is 0 Å². The topological polar surface area (TPSA) is 86.2 Å². The van der Waals surface area contributed by atoms with Crippen molar-refractivity contribution in [2.45, 2.75) is 6.54 Å². The molecule has 1 heterocycles. The van der Waals surface area contributed by atoms with E-state index < -0.39 is 11.7 Å². The molecule has 0 aliphatic carbocycles. The molecule has 2 N–H and O–H groups in total. The zero-order valence-corrected chi connectivity index (χ0v) is 13.0. The van der Waals surface area contributed by atoms with Crippen LogP contribution in [0, 0.1) is 17.1 Å². The lowest BCUT2D eigenvalue weighted by molar-refractivity contribution is -0.135. The molecule has 1 aromatic heterocycles. The maximum Gasteiger partial charge on any atom is 0.372 e. The van der Waals surface area contributed by atoms with Crippen molar-refractivity contribution in [1.29, 1.82) is 5.26 Å². The Bertz CT molecular complexity index is 1030. The summed E-state index contributed by atoms with van der Waals surface area (Å²) in [6.45, 7) is 0.410. The molecule has 0 saturated heterocycles. The molecule has 0 unspecified atom stereocenters. The first kappa shape index (κ1) is 16.3. The molecule has 3 rings (SSSR count). The molecule has 0 aliphatic rings. The Balaban J connectivity index is 2.16. The number of nitrogens with zero attached hydrogens (tertiary/aromatic N) is 2. The molecule has 6 heteroatoms. The third kappa shape index (κ3) is 3.08. The molecule has 0 saturated carbocycles. The van der Waals surface area contributed by atoms with E-state index in [0.717, 1.165) is 11.1 Å². The van der Waals surface area contributed by atoms with Crippen LogP contribution in [-0.4, -0.2) is 20.7 Å². The minimum atomic E-state index is -1.56. The van der Waals surface area contributed by atoms with Crippen molar-refractivity contribution < 1.29 is 19.4 Å². The van der Waals surface area contributed by atoms with Crippen molar-refractivity contribution in [3.63, 3.8) is 0 Å². The van der Waals surface area contributed by atoms with Crippen LogP contribution in [0.5, 0.6) is 0 Å². The fourth-order valence-corrected chi connectivity index (χ4v) is 2.71. The summed E-state index contributed by atoms with van der Waals surface area (Å²) in [5, 5.41) is 28.7. The molecule has 0 radical (unpaired) electrons. The van der Waals surface area contributed by atoms with E-state index in [-0.39, 0.29) is 11.4 Å². The van der Waals surface area contributed by atoms with Crippen LogP contribution in [0.15, 0.2) is 60.5 Å². The fourth-order valence-electron chi connectivity index (χ4n) is 2.71. The molecule has 124 valence electrons. The number of hydrogen-bond donors (Lipinski definition) is 2. The summed E-state index contributed by atoms with van der Waals surface area (Å²) in [5.41, 5.74) is 1.65. The average Bonchev–Trinajstić information content (AvgIpc) is 2.96. The van der Waals surface area contributed by atoms with Crippen LogP contribution < -0.4 is 0 Å². The first-order valence-electron chi connectivity index (χ1n) is 7.40. The number of aromatic nitrogens is 1. The maximum atomic E-state index is 13.1. The van der Waals surface area contributed by atoms with E-state index in [1.807, 2.05) is 16.7 Å². The summed E-state index contributed by atoms with van der Waals surface area (Å²) in [6.07, 6.45) is 1.62. The second kappa shape index (κ2) is 6.49. The molecular weight excluding hydrogens is 323 g/mol. The van der Waals surface area contributed by atoms with Gasteiger partial charge in [0.25, 0.3) is 0 Å². The summed E-state index contributed by atoms with van der Waals surface area (Å²) >= 11 is 0. The lowest BCUT2D eigenvalue weighted by Crippen LogP contribution is -2.02. The number of benzene rings is 2. The number of carboxylic acid groups (broad SMARTS) is 1. The predicted molar refractivity (Wildman–Crippen MR) is 90.2 cm³/mol. The van der Waals surface area contributed by atoms with Gasteiger partial charge in [-0.05, 0) is 23.8 Å². The number of hydrogen-bond acceptors (Lipinski definition) is 3. The monoisotopic (exact) mass is 336 g/mol. The second-order valence-electron chi connectivity index (χ2n) is 5.45. The van der Waals surface area contributed by atoms with Gasteiger partial charge < -0.3 is 14.8 Å². The van der Waals surface area contributed by atoms with Crippen molar-refractivity contribution >= 4 is 22.4 Å². The first-order valence-corrected chi connectivity index (χ1v) is 7.40. The number of allylic oxidation sites excluding steroid dienone is 1. The number of nitriles is 1. The van der Waals surface area contributed by atoms with Gasteiger partial charge in [-0.3, -0.25) is 0 Å². The van der Waals surface area contributed by atoms with E-state index in [9.17, 15) is 19.6 Å². The van der Waals surface area contributed by atoms with Crippen molar-refractivity contribution in [3.8, 4) is 6.07 Å². The van der Waals surface area contributed by atoms with Crippen LogP contribution in [0.2, 0.25) is 0 Å². The molecule has 2 aromatic carbocycles. The Labute approximate surface area is 142 Å². The number of carboxylic acids is 1. The lowest BCUT2D eigenvalue weighted by Gasteiger charge is -2.05. The van der Waals surface area contributed by atoms with Crippen LogP contribution in [0.25, 0.3) is 16.5 Å². The predicted octanol–water partition coefficient (Wildman–Crippen LogP) is 3.71. The third-order valence-corrected chi connectivity index (χ3v) is 3.88. The van der Waals surface area contributed by atoms with E-state index in [0.29, 0.717) is 17.5 Å². The summed E-state index contributed by atoms with van der Waals surface area (Å²) in [7, 11) is 0. The SMILES string of the molecule is N#C/C(=C(/O)C(=O)O)c1cn(Cc2ccc(F)cc2)c2ccccc12. The molecule has 0 atom stereocenters. The van der Waals surface area contributed by atoms with Crippen LogP contribution in [0.1, 0.15) is 11.1 Å². The highest BCUT2D eigenvalue weighted by molar-refractivity contribution is 6.04. The Morgan fingerprint density at radius 1 is 1.12 bits per heavy atom. The number of aliphatic carboxylic acids is 1. The number of para-hydroxylation sites is 1. The molecule has 0 aliphatic heterocycles. The highest BCUT2D eigenvalue weighted by Crippen LogP contribution is 2.29. The minimum absolute atomic E-state index is 0.304. The highest BCUT2D eigenvalue weighted by Gasteiger charge is 2.19. The number of aliphatic hydroxyl groups excluding tert-OH is 1. The first-order chi connectivity index (χ1) is 12.0. The smallest absolute Gasteiger partial charge is 0.372 e. The molecule has 5 nitrogen and oxygen atoms in total. The molecule has 0 fully saturated rings. The van der Waals surface area contributed by atoms with Crippen LogP contribution in [-0.2, 0) is 11.3 Å². The van der Waals surface area contributed by atoms with Crippen molar-refractivity contribution in [2.24, 2.45) is 0 Å². The van der Waals surface area contributed by atoms with Crippen LogP contribution >= 0.6 is 0 Å². The lowest BCUT2D eigenvalue weighted by atomic mass is 10.0. The van der Waals surface area contributed by atoms with E-state index in [1.54, 1.807) is 36.5 Å². The van der Waals surface area contributed by atoms with Gasteiger partial charge in [-0.1, -0.05) is 30.3 Å². The van der Waals surface area contributed by atoms with E-state index in [4.69, 9.17) is 5.11 Å². The van der Waals surface area contributed by atoms with Crippen LogP contribution in [0.3, 0.4) is 0 Å². The van der Waals surface area contributed by atoms with Gasteiger partial charge >= 0.3 is 5.97 Å². The van der Waals surface area contributed by atoms with E-state index >= 15 is 0 Å². The summed E-state index contributed by atoms with van der Waals surface area (Å²) < 4.78 is 14.9. The average molecular weight is 336 g/mol. The minimum Gasteiger partial charge on any atom is -0.501 e. The summed E-state index contributed by atoms with van der Waals surface area (Å²) in [6, 6.07) is 14.9. The standard InChI is InChI=1S/C19H13FN2O3/c20-13-7-5-12(6-8-13)10-22-11-16(14-3-1-2-4-17(14)22)15(9-21)18(23)19(24)25/h1-8,11,23H,10H2,(H,24,25)/b18-15-. The molecule has 0 bridgehead atoms. The Hall–Kier alpha value is -3.59. The van der Waals surface area contributed by atoms with Crippen molar-refractivity contribution in [2.75, 3.05) is 0 Å². The molecule has 3 aromatic rings. The second-order valence-corrected chi connectivity index (χ2v) is 5.45. The van der Waals surface area contributed by atoms with E-state index in [2.05, 4.69) is 0 Å². The quantitative estimate of drug-likeness (QED) is 0.432. The fraction of sp³-hybridized carbons (Fsp3) is 0.0526. The Kier molecular flexibility index (Phi) is 4.23. The van der Waals surface area contributed by atoms with Crippen molar-refractivity contribution in [1.82, 2.24) is 4.57 Å².